The molecule has 1 aromatic carbocycles. The minimum absolute atomic E-state index is 0.130. The van der Waals surface area contributed by atoms with E-state index in [0.29, 0.717) is 0 Å². The van der Waals surface area contributed by atoms with Crippen molar-refractivity contribution in [1.82, 2.24) is 10.2 Å². The first-order valence-electron chi connectivity index (χ1n) is 6.97. The molecule has 18 heavy (non-hydrogen) atoms. The van der Waals surface area contributed by atoms with Crippen LogP contribution in [0.2, 0.25) is 0 Å². The van der Waals surface area contributed by atoms with Crippen molar-refractivity contribution in [3.63, 3.8) is 0 Å². The highest BCUT2D eigenvalue weighted by molar-refractivity contribution is 5.40. The summed E-state index contributed by atoms with van der Waals surface area (Å²) in [4.78, 5) is 2.60. The molecule has 2 nitrogen and oxygen atoms in total. The third-order valence-electron chi connectivity index (χ3n) is 4.41. The van der Waals surface area contributed by atoms with E-state index in [1.54, 1.807) is 0 Å². The Morgan fingerprint density at radius 2 is 1.50 bits per heavy atom. The van der Waals surface area contributed by atoms with Crippen molar-refractivity contribution in [2.45, 2.75) is 40.2 Å². The number of hydrogen-bond acceptors (Lipinski definition) is 2. The van der Waals surface area contributed by atoms with E-state index >= 15 is 0 Å². The molecule has 1 heterocycles. The van der Waals surface area contributed by atoms with Crippen LogP contribution in [0.3, 0.4) is 0 Å². The van der Waals surface area contributed by atoms with Gasteiger partial charge in [-0.05, 0) is 56.9 Å². The normalized spacial score (nSPS) is 18.1. The fourth-order valence-electron chi connectivity index (χ4n) is 3.01. The van der Waals surface area contributed by atoms with Gasteiger partial charge in [-0.25, -0.2) is 0 Å². The van der Waals surface area contributed by atoms with E-state index in [9.17, 15) is 0 Å². The molecule has 2 heteroatoms. The Hall–Kier alpha value is -0.860. The van der Waals surface area contributed by atoms with Crippen LogP contribution in [0.15, 0.2) is 12.1 Å². The molecule has 1 aromatic rings. The number of nitrogens with one attached hydrogen (secondary N) is 1. The largest absolute Gasteiger partial charge is 0.314 e. The standard InChI is InChI=1S/C16H26N2/c1-12-10-14(3)15(11-13(12)2)16(4,5)18-8-6-17-7-9-18/h10-11,17H,6-9H2,1-5H3. The molecule has 0 radical (unpaired) electrons. The molecule has 1 saturated heterocycles. The van der Waals surface area contributed by atoms with Crippen LogP contribution in [0.4, 0.5) is 0 Å². The molecular weight excluding hydrogens is 220 g/mol. The number of nitrogens with zero attached hydrogens (tertiary/aromatic N) is 1. The van der Waals surface area contributed by atoms with Crippen LogP contribution < -0.4 is 5.32 Å². The molecule has 0 atom stereocenters. The van der Waals surface area contributed by atoms with E-state index in [1.165, 1.54) is 22.3 Å². The second kappa shape index (κ2) is 5.02. The van der Waals surface area contributed by atoms with Crippen molar-refractivity contribution in [1.29, 1.82) is 0 Å². The Labute approximate surface area is 111 Å². The van der Waals surface area contributed by atoms with Gasteiger partial charge in [0.25, 0.3) is 0 Å². The average Bonchev–Trinajstić information content (AvgIpc) is 2.34. The molecule has 2 rings (SSSR count). The highest BCUT2D eigenvalue weighted by Crippen LogP contribution is 2.32. The second-order valence-electron chi connectivity index (χ2n) is 6.05. The van der Waals surface area contributed by atoms with Gasteiger partial charge in [-0.2, -0.15) is 0 Å². The van der Waals surface area contributed by atoms with Gasteiger partial charge in [0.05, 0.1) is 0 Å². The highest BCUT2D eigenvalue weighted by atomic mass is 15.2. The molecule has 0 bridgehead atoms. The SMILES string of the molecule is Cc1cc(C)c(C(C)(C)N2CCNCC2)cc1C. The smallest absolute Gasteiger partial charge is 0.0408 e. The van der Waals surface area contributed by atoms with E-state index in [-0.39, 0.29) is 5.54 Å². The molecule has 0 amide bonds. The summed E-state index contributed by atoms with van der Waals surface area (Å²) >= 11 is 0. The summed E-state index contributed by atoms with van der Waals surface area (Å²) in [7, 11) is 0. The monoisotopic (exact) mass is 246 g/mol. The first kappa shape index (κ1) is 13.6. The Bertz CT molecular complexity index is 429. The van der Waals surface area contributed by atoms with Crippen molar-refractivity contribution < 1.29 is 0 Å². The summed E-state index contributed by atoms with van der Waals surface area (Å²) in [5.41, 5.74) is 5.82. The van der Waals surface area contributed by atoms with E-state index in [0.717, 1.165) is 26.2 Å². The van der Waals surface area contributed by atoms with Gasteiger partial charge in [0.2, 0.25) is 0 Å². The summed E-state index contributed by atoms with van der Waals surface area (Å²) in [5.74, 6) is 0. The van der Waals surface area contributed by atoms with Crippen molar-refractivity contribution in [3.8, 4) is 0 Å². The van der Waals surface area contributed by atoms with Crippen molar-refractivity contribution >= 4 is 0 Å². The summed E-state index contributed by atoms with van der Waals surface area (Å²) in [6, 6.07) is 4.71. The molecule has 0 saturated carbocycles. The van der Waals surface area contributed by atoms with Crippen LogP contribution in [0.25, 0.3) is 0 Å². The van der Waals surface area contributed by atoms with E-state index < -0.39 is 0 Å². The zero-order valence-corrected chi connectivity index (χ0v) is 12.4. The lowest BCUT2D eigenvalue weighted by atomic mass is 9.86. The van der Waals surface area contributed by atoms with Gasteiger partial charge in [0, 0.05) is 31.7 Å². The van der Waals surface area contributed by atoms with Crippen molar-refractivity contribution in [2.75, 3.05) is 26.2 Å². The maximum atomic E-state index is 3.43. The first-order chi connectivity index (χ1) is 8.43. The maximum absolute atomic E-state index is 3.43. The van der Waals surface area contributed by atoms with Crippen LogP contribution in [-0.2, 0) is 5.54 Å². The van der Waals surface area contributed by atoms with Gasteiger partial charge in [-0.1, -0.05) is 12.1 Å². The molecule has 0 aliphatic carbocycles. The first-order valence-corrected chi connectivity index (χ1v) is 6.97. The predicted octanol–water partition coefficient (Wildman–Crippen LogP) is 2.75. The highest BCUT2D eigenvalue weighted by Gasteiger charge is 2.30. The zero-order chi connectivity index (χ0) is 13.3. The topological polar surface area (TPSA) is 15.3 Å². The molecule has 0 aromatic heterocycles. The minimum atomic E-state index is 0.130. The average molecular weight is 246 g/mol. The van der Waals surface area contributed by atoms with Gasteiger partial charge < -0.3 is 5.32 Å². The fraction of sp³-hybridized carbons (Fsp3) is 0.625. The van der Waals surface area contributed by atoms with Crippen LogP contribution in [0, 0.1) is 20.8 Å². The molecule has 100 valence electrons. The number of aryl methyl sites for hydroxylation is 3. The van der Waals surface area contributed by atoms with E-state index in [1.807, 2.05) is 0 Å². The van der Waals surface area contributed by atoms with Gasteiger partial charge in [0.1, 0.15) is 0 Å². The third-order valence-corrected chi connectivity index (χ3v) is 4.41. The maximum Gasteiger partial charge on any atom is 0.0408 e. The zero-order valence-electron chi connectivity index (χ0n) is 12.4. The summed E-state index contributed by atoms with van der Waals surface area (Å²) in [5, 5.41) is 3.43. The quantitative estimate of drug-likeness (QED) is 0.863. The molecule has 0 unspecified atom stereocenters. The van der Waals surface area contributed by atoms with Crippen LogP contribution in [-0.4, -0.2) is 31.1 Å². The van der Waals surface area contributed by atoms with Crippen LogP contribution >= 0.6 is 0 Å². The lowest BCUT2D eigenvalue weighted by Crippen LogP contribution is -2.52. The van der Waals surface area contributed by atoms with Crippen LogP contribution in [0.5, 0.6) is 0 Å². The van der Waals surface area contributed by atoms with Gasteiger partial charge >= 0.3 is 0 Å². The van der Waals surface area contributed by atoms with Crippen molar-refractivity contribution in [2.24, 2.45) is 0 Å². The Balaban J connectivity index is 2.36. The minimum Gasteiger partial charge on any atom is -0.314 e. The molecule has 1 aliphatic rings. The fourth-order valence-corrected chi connectivity index (χ4v) is 3.01. The lowest BCUT2D eigenvalue weighted by molar-refractivity contribution is 0.102. The summed E-state index contributed by atoms with van der Waals surface area (Å²) < 4.78 is 0. The van der Waals surface area contributed by atoms with E-state index in [2.05, 4.69) is 57.0 Å². The summed E-state index contributed by atoms with van der Waals surface area (Å²) in [6.07, 6.45) is 0. The molecule has 1 aliphatic heterocycles. The molecule has 1 N–H and O–H groups in total. The number of rotatable bonds is 2. The van der Waals surface area contributed by atoms with E-state index in [4.69, 9.17) is 0 Å². The molecule has 1 fully saturated rings. The lowest BCUT2D eigenvalue weighted by Gasteiger charge is -2.42. The molecule has 0 spiro atoms. The Morgan fingerprint density at radius 1 is 0.944 bits per heavy atom. The van der Waals surface area contributed by atoms with Crippen LogP contribution in [0.1, 0.15) is 36.1 Å². The Kier molecular flexibility index (Phi) is 3.79. The second-order valence-corrected chi connectivity index (χ2v) is 6.05. The number of benzene rings is 1. The summed E-state index contributed by atoms with van der Waals surface area (Å²) in [6.45, 7) is 15.9. The number of piperazine rings is 1. The van der Waals surface area contributed by atoms with Gasteiger partial charge in [0.15, 0.2) is 0 Å². The predicted molar refractivity (Wildman–Crippen MR) is 78.1 cm³/mol. The van der Waals surface area contributed by atoms with Gasteiger partial charge in [-0.15, -0.1) is 0 Å². The number of hydrogen-bond donors (Lipinski definition) is 1. The third kappa shape index (κ3) is 2.45. The molecular formula is C16H26N2. The van der Waals surface area contributed by atoms with Crippen molar-refractivity contribution in [3.05, 3.63) is 34.4 Å². The van der Waals surface area contributed by atoms with Gasteiger partial charge in [-0.3, -0.25) is 4.90 Å². The Morgan fingerprint density at radius 3 is 2.11 bits per heavy atom.